The van der Waals surface area contributed by atoms with Crippen LogP contribution in [0.2, 0.25) is 0 Å². The van der Waals surface area contributed by atoms with Crippen molar-refractivity contribution < 1.29 is 9.53 Å². The lowest BCUT2D eigenvalue weighted by Gasteiger charge is -2.33. The minimum Gasteiger partial charge on any atom is -0.492 e. The first kappa shape index (κ1) is 20.2. The lowest BCUT2D eigenvalue weighted by molar-refractivity contribution is 0.0994. The maximum Gasteiger partial charge on any atom is 0.269 e. The maximum atomic E-state index is 11.6. The molecule has 8 heteroatoms. The second-order valence-corrected chi connectivity index (χ2v) is 6.77. The molecule has 1 aromatic heterocycles. The molecule has 28 heavy (non-hydrogen) atoms. The quantitative estimate of drug-likeness (QED) is 0.690. The summed E-state index contributed by atoms with van der Waals surface area (Å²) in [5, 5.41) is 0. The highest BCUT2D eigenvalue weighted by atomic mass is 16.5. The van der Waals surface area contributed by atoms with Crippen LogP contribution in [0, 0.1) is 0 Å². The zero-order chi connectivity index (χ0) is 19.9. The topological polar surface area (TPSA) is 111 Å². The number of likely N-dealkylation sites (N-methyl/N-ethyl adjacent to an activating group) is 1. The number of ether oxygens (including phenoxy) is 1. The fraction of sp³-hybridized carbons (Fsp3) is 0.450. The molecule has 0 bridgehead atoms. The lowest BCUT2D eigenvalue weighted by atomic mass is 10.1. The van der Waals surface area contributed by atoms with Crippen molar-refractivity contribution in [1.82, 2.24) is 19.8 Å². The molecule has 0 atom stereocenters. The van der Waals surface area contributed by atoms with Crippen LogP contribution in [0.5, 0.6) is 5.75 Å². The molecular formula is C20H28N6O2. The summed E-state index contributed by atoms with van der Waals surface area (Å²) in [6.45, 7) is 9.35. The number of primary amides is 1. The number of rotatable bonds is 8. The van der Waals surface area contributed by atoms with E-state index >= 15 is 0 Å². The number of carbonyl (C=O) groups is 1. The van der Waals surface area contributed by atoms with Crippen LogP contribution in [-0.2, 0) is 6.54 Å². The van der Waals surface area contributed by atoms with E-state index in [1.54, 1.807) is 6.20 Å². The minimum absolute atomic E-state index is 0.109. The molecule has 1 fully saturated rings. The Bertz CT molecular complexity index is 805. The van der Waals surface area contributed by atoms with E-state index in [1.165, 1.54) is 0 Å². The van der Waals surface area contributed by atoms with Gasteiger partial charge in [0.05, 0.1) is 17.6 Å². The number of nitrogens with two attached hydrogens (primary N) is 2. The van der Waals surface area contributed by atoms with Crippen molar-refractivity contribution in [2.24, 2.45) is 11.5 Å². The largest absolute Gasteiger partial charge is 0.492 e. The molecule has 0 saturated carbocycles. The summed E-state index contributed by atoms with van der Waals surface area (Å²) < 4.78 is 5.93. The summed E-state index contributed by atoms with van der Waals surface area (Å²) >= 11 is 0. The van der Waals surface area contributed by atoms with E-state index in [9.17, 15) is 4.79 Å². The van der Waals surface area contributed by atoms with Crippen LogP contribution in [0.3, 0.4) is 0 Å². The smallest absolute Gasteiger partial charge is 0.269 e. The third-order valence-corrected chi connectivity index (χ3v) is 4.99. The zero-order valence-electron chi connectivity index (χ0n) is 16.3. The number of hydrogen-bond acceptors (Lipinski definition) is 7. The van der Waals surface area contributed by atoms with E-state index in [4.69, 9.17) is 16.2 Å². The van der Waals surface area contributed by atoms with Crippen LogP contribution in [-0.4, -0.2) is 71.6 Å². The Labute approximate surface area is 165 Å². The Morgan fingerprint density at radius 1 is 1.21 bits per heavy atom. The number of nitrogens with zero attached hydrogens (tertiary/aromatic N) is 4. The van der Waals surface area contributed by atoms with Gasteiger partial charge in [-0.2, -0.15) is 0 Å². The number of piperazine rings is 1. The summed E-state index contributed by atoms with van der Waals surface area (Å²) in [4.78, 5) is 25.0. The number of benzene rings is 1. The molecule has 4 N–H and O–H groups in total. The van der Waals surface area contributed by atoms with Gasteiger partial charge in [-0.05, 0) is 18.7 Å². The van der Waals surface area contributed by atoms with Gasteiger partial charge in [-0.1, -0.05) is 19.1 Å². The van der Waals surface area contributed by atoms with Gasteiger partial charge in [0.25, 0.3) is 5.91 Å². The molecule has 0 unspecified atom stereocenters. The van der Waals surface area contributed by atoms with Gasteiger partial charge in [0.1, 0.15) is 12.4 Å². The third kappa shape index (κ3) is 5.03. The first-order valence-corrected chi connectivity index (χ1v) is 9.64. The van der Waals surface area contributed by atoms with Crippen LogP contribution in [0.15, 0.2) is 30.5 Å². The van der Waals surface area contributed by atoms with Gasteiger partial charge in [-0.25, -0.2) is 4.98 Å². The summed E-state index contributed by atoms with van der Waals surface area (Å²) in [5.74, 6) is 0.125. The van der Waals surface area contributed by atoms with Gasteiger partial charge in [-0.3, -0.25) is 14.7 Å². The molecule has 3 rings (SSSR count). The minimum atomic E-state index is -0.634. The second kappa shape index (κ2) is 9.59. The molecule has 1 aromatic carbocycles. The molecule has 1 amide bonds. The molecule has 150 valence electrons. The lowest BCUT2D eigenvalue weighted by Crippen LogP contribution is -2.47. The monoisotopic (exact) mass is 384 g/mol. The van der Waals surface area contributed by atoms with E-state index < -0.39 is 5.91 Å². The first-order valence-electron chi connectivity index (χ1n) is 9.64. The van der Waals surface area contributed by atoms with Crippen molar-refractivity contribution in [3.63, 3.8) is 0 Å². The Morgan fingerprint density at radius 2 is 1.96 bits per heavy atom. The number of amides is 1. The van der Waals surface area contributed by atoms with E-state index in [0.717, 1.165) is 50.6 Å². The van der Waals surface area contributed by atoms with Gasteiger partial charge < -0.3 is 21.1 Å². The highest BCUT2D eigenvalue weighted by Gasteiger charge is 2.15. The van der Waals surface area contributed by atoms with E-state index in [0.29, 0.717) is 18.0 Å². The van der Waals surface area contributed by atoms with Gasteiger partial charge in [0.15, 0.2) is 5.69 Å². The SMILES string of the molecule is CCN1CCN(CCOc2cccc(-c3cnc(CN)c(C(N)=O)n3)c2)CC1. The van der Waals surface area contributed by atoms with Crippen LogP contribution >= 0.6 is 0 Å². The Kier molecular flexibility index (Phi) is 6.91. The molecule has 1 aliphatic rings. The van der Waals surface area contributed by atoms with Crippen LogP contribution in [0.4, 0.5) is 0 Å². The summed E-state index contributed by atoms with van der Waals surface area (Å²) in [5.41, 5.74) is 12.9. The zero-order valence-corrected chi connectivity index (χ0v) is 16.3. The van der Waals surface area contributed by atoms with Gasteiger partial charge >= 0.3 is 0 Å². The Hall–Kier alpha value is -2.55. The van der Waals surface area contributed by atoms with Crippen molar-refractivity contribution in [3.05, 3.63) is 41.9 Å². The molecule has 0 radical (unpaired) electrons. The van der Waals surface area contributed by atoms with Crippen molar-refractivity contribution in [2.45, 2.75) is 13.5 Å². The van der Waals surface area contributed by atoms with E-state index in [1.807, 2.05) is 24.3 Å². The summed E-state index contributed by atoms with van der Waals surface area (Å²) in [7, 11) is 0. The van der Waals surface area contributed by atoms with Crippen LogP contribution < -0.4 is 16.2 Å². The molecule has 0 aliphatic carbocycles. The average Bonchev–Trinajstić information content (AvgIpc) is 2.74. The van der Waals surface area contributed by atoms with Gasteiger partial charge in [0, 0.05) is 44.8 Å². The van der Waals surface area contributed by atoms with Crippen LogP contribution in [0.25, 0.3) is 11.3 Å². The van der Waals surface area contributed by atoms with Crippen molar-refractivity contribution in [2.75, 3.05) is 45.9 Å². The van der Waals surface area contributed by atoms with Gasteiger partial charge in [0.2, 0.25) is 0 Å². The fourth-order valence-electron chi connectivity index (χ4n) is 3.27. The molecule has 1 aliphatic heterocycles. The third-order valence-electron chi connectivity index (χ3n) is 4.99. The molecule has 0 spiro atoms. The van der Waals surface area contributed by atoms with Crippen molar-refractivity contribution in [3.8, 4) is 17.0 Å². The van der Waals surface area contributed by atoms with Gasteiger partial charge in [-0.15, -0.1) is 0 Å². The van der Waals surface area contributed by atoms with Crippen molar-refractivity contribution in [1.29, 1.82) is 0 Å². The number of hydrogen-bond donors (Lipinski definition) is 2. The molecule has 2 aromatic rings. The average molecular weight is 384 g/mol. The highest BCUT2D eigenvalue weighted by molar-refractivity contribution is 5.92. The first-order chi connectivity index (χ1) is 13.6. The predicted octanol–water partition coefficient (Wildman–Crippen LogP) is 0.718. The van der Waals surface area contributed by atoms with Crippen molar-refractivity contribution >= 4 is 5.91 Å². The standard InChI is InChI=1S/C20H28N6O2/c1-2-25-6-8-26(9-7-25)10-11-28-16-5-3-4-15(12-16)18-14-23-17(13-21)19(24-18)20(22)27/h3-5,12,14H,2,6-11,13,21H2,1H3,(H2,22,27). The predicted molar refractivity (Wildman–Crippen MR) is 108 cm³/mol. The molecule has 8 nitrogen and oxygen atoms in total. The molecule has 2 heterocycles. The highest BCUT2D eigenvalue weighted by Crippen LogP contribution is 2.22. The second-order valence-electron chi connectivity index (χ2n) is 6.77. The number of carbonyl (C=O) groups excluding carboxylic acids is 1. The van der Waals surface area contributed by atoms with E-state index in [2.05, 4.69) is 26.7 Å². The Morgan fingerprint density at radius 3 is 2.64 bits per heavy atom. The van der Waals surface area contributed by atoms with Crippen LogP contribution in [0.1, 0.15) is 23.1 Å². The number of aromatic nitrogens is 2. The summed E-state index contributed by atoms with van der Waals surface area (Å²) in [6.07, 6.45) is 1.60. The Balaban J connectivity index is 1.61. The maximum absolute atomic E-state index is 11.6. The molecule has 1 saturated heterocycles. The fourth-order valence-corrected chi connectivity index (χ4v) is 3.27. The normalized spacial score (nSPS) is 15.5. The molecular weight excluding hydrogens is 356 g/mol. The summed E-state index contributed by atoms with van der Waals surface area (Å²) in [6, 6.07) is 7.60. The van der Waals surface area contributed by atoms with E-state index in [-0.39, 0.29) is 12.2 Å².